The van der Waals surface area contributed by atoms with Crippen LogP contribution in [0, 0.1) is 6.92 Å². The lowest BCUT2D eigenvalue weighted by Crippen LogP contribution is -2.53. The van der Waals surface area contributed by atoms with Crippen LogP contribution in [0.25, 0.3) is 0 Å². The largest absolute Gasteiger partial charge is 0.352 e. The van der Waals surface area contributed by atoms with E-state index in [2.05, 4.69) is 21.2 Å². The molecule has 2 rings (SSSR count). The number of amides is 2. The minimum atomic E-state index is -3.75. The fourth-order valence-corrected chi connectivity index (χ4v) is 4.84. The van der Waals surface area contributed by atoms with Gasteiger partial charge in [-0.15, -0.1) is 0 Å². The highest BCUT2D eigenvalue weighted by Gasteiger charge is 2.32. The lowest BCUT2D eigenvalue weighted by molar-refractivity contribution is -0.140. The van der Waals surface area contributed by atoms with Gasteiger partial charge in [0, 0.05) is 17.1 Å². The van der Waals surface area contributed by atoms with Crippen molar-refractivity contribution in [2.24, 2.45) is 0 Å². The Labute approximate surface area is 211 Å². The van der Waals surface area contributed by atoms with Gasteiger partial charge in [0.25, 0.3) is 0 Å². The summed E-state index contributed by atoms with van der Waals surface area (Å²) in [5.41, 5.74) is 2.28. The highest BCUT2D eigenvalue weighted by atomic mass is 79.9. The highest BCUT2D eigenvalue weighted by molar-refractivity contribution is 9.10. The number of benzene rings is 2. The summed E-state index contributed by atoms with van der Waals surface area (Å²) in [6.45, 7) is 7.48. The van der Waals surface area contributed by atoms with Crippen molar-refractivity contribution in [3.63, 3.8) is 0 Å². The smallest absolute Gasteiger partial charge is 0.244 e. The molecule has 1 N–H and O–H groups in total. The van der Waals surface area contributed by atoms with Crippen LogP contribution < -0.4 is 9.62 Å². The van der Waals surface area contributed by atoms with Crippen molar-refractivity contribution in [1.82, 2.24) is 10.2 Å². The zero-order chi connectivity index (χ0) is 25.5. The summed E-state index contributed by atoms with van der Waals surface area (Å²) in [6, 6.07) is 13.7. The van der Waals surface area contributed by atoms with Crippen molar-refractivity contribution in [1.29, 1.82) is 0 Å². The van der Waals surface area contributed by atoms with Crippen LogP contribution in [0.1, 0.15) is 44.7 Å². The summed E-state index contributed by atoms with van der Waals surface area (Å²) in [5.74, 6) is -0.690. The number of sulfonamides is 1. The predicted molar refractivity (Wildman–Crippen MR) is 140 cm³/mol. The number of nitrogens with one attached hydrogen (secondary N) is 1. The van der Waals surface area contributed by atoms with E-state index in [0.717, 1.165) is 28.1 Å². The molecule has 186 valence electrons. The van der Waals surface area contributed by atoms with Crippen molar-refractivity contribution in [3.8, 4) is 0 Å². The Hall–Kier alpha value is -2.39. The van der Waals surface area contributed by atoms with E-state index in [1.54, 1.807) is 24.3 Å². The second-order valence-electron chi connectivity index (χ2n) is 8.50. The molecule has 2 atom stereocenters. The van der Waals surface area contributed by atoms with Gasteiger partial charge in [-0.3, -0.25) is 13.9 Å². The molecule has 0 aliphatic carbocycles. The van der Waals surface area contributed by atoms with E-state index in [4.69, 9.17) is 0 Å². The number of rotatable bonds is 11. The van der Waals surface area contributed by atoms with Crippen LogP contribution in [0.2, 0.25) is 0 Å². The zero-order valence-corrected chi connectivity index (χ0v) is 22.8. The second kappa shape index (κ2) is 12.4. The van der Waals surface area contributed by atoms with Crippen molar-refractivity contribution in [2.45, 2.75) is 59.2 Å². The minimum absolute atomic E-state index is 0.0355. The van der Waals surface area contributed by atoms with Crippen molar-refractivity contribution >= 4 is 43.5 Å². The second-order valence-corrected chi connectivity index (χ2v) is 11.3. The molecular formula is C25H34BrN3O4S. The van der Waals surface area contributed by atoms with Crippen LogP contribution in [0.3, 0.4) is 0 Å². The molecule has 0 fully saturated rings. The van der Waals surface area contributed by atoms with E-state index in [9.17, 15) is 18.0 Å². The fraction of sp³-hybridized carbons (Fsp3) is 0.440. The number of halogens is 1. The van der Waals surface area contributed by atoms with E-state index in [0.29, 0.717) is 16.6 Å². The summed E-state index contributed by atoms with van der Waals surface area (Å²) in [5, 5.41) is 2.96. The average molecular weight is 553 g/mol. The highest BCUT2D eigenvalue weighted by Crippen LogP contribution is 2.23. The Morgan fingerprint density at radius 3 is 2.29 bits per heavy atom. The molecule has 2 aromatic rings. The minimum Gasteiger partial charge on any atom is -0.352 e. The third-order valence-electron chi connectivity index (χ3n) is 5.60. The summed E-state index contributed by atoms with van der Waals surface area (Å²) in [7, 11) is -3.75. The van der Waals surface area contributed by atoms with Gasteiger partial charge in [0.1, 0.15) is 12.6 Å². The Bertz CT molecular complexity index is 1110. The molecule has 0 saturated carbocycles. The number of anilines is 1. The third-order valence-corrected chi connectivity index (χ3v) is 7.23. The van der Waals surface area contributed by atoms with Gasteiger partial charge in [-0.1, -0.05) is 65.7 Å². The van der Waals surface area contributed by atoms with Crippen molar-refractivity contribution in [3.05, 3.63) is 64.1 Å². The van der Waals surface area contributed by atoms with Gasteiger partial charge in [-0.25, -0.2) is 8.42 Å². The molecule has 2 aromatic carbocycles. The SMILES string of the molecule is CC[C@@H](C)NC(=O)[C@@H](CC)N(Cc1cccc(C)c1)C(=O)CN(c1cccc(Br)c1)S(C)(=O)=O. The van der Waals surface area contributed by atoms with Gasteiger partial charge in [0.05, 0.1) is 11.9 Å². The molecule has 0 heterocycles. The standard InChI is InChI=1S/C25H34BrN3O4S/c1-6-19(4)27-25(31)23(7-2)28(16-20-11-8-10-18(3)14-20)24(30)17-29(34(5,32)33)22-13-9-12-21(26)15-22/h8-15,19,23H,6-7,16-17H2,1-5H3,(H,27,31)/t19-,23-/m1/s1. The number of carbonyl (C=O) groups excluding carboxylic acids is 2. The topological polar surface area (TPSA) is 86.8 Å². The molecule has 0 spiro atoms. The van der Waals surface area contributed by atoms with E-state index in [1.807, 2.05) is 52.0 Å². The van der Waals surface area contributed by atoms with E-state index < -0.39 is 28.5 Å². The fourth-order valence-electron chi connectivity index (χ4n) is 3.61. The van der Waals surface area contributed by atoms with Crippen LogP contribution in [0.4, 0.5) is 5.69 Å². The molecule has 0 bridgehead atoms. The summed E-state index contributed by atoms with van der Waals surface area (Å²) >= 11 is 3.36. The lowest BCUT2D eigenvalue weighted by atomic mass is 10.1. The van der Waals surface area contributed by atoms with Crippen molar-refractivity contribution in [2.75, 3.05) is 17.1 Å². The molecule has 34 heavy (non-hydrogen) atoms. The molecule has 0 aliphatic heterocycles. The van der Waals surface area contributed by atoms with Gasteiger partial charge < -0.3 is 10.2 Å². The van der Waals surface area contributed by atoms with Crippen LogP contribution >= 0.6 is 15.9 Å². The maximum Gasteiger partial charge on any atom is 0.244 e. The monoisotopic (exact) mass is 551 g/mol. The molecule has 0 saturated heterocycles. The predicted octanol–water partition coefficient (Wildman–Crippen LogP) is 4.25. The number of hydrogen-bond donors (Lipinski definition) is 1. The number of aryl methyl sites for hydroxylation is 1. The van der Waals surface area contributed by atoms with Gasteiger partial charge in [-0.05, 0) is 50.5 Å². The first kappa shape index (κ1) is 27.9. The van der Waals surface area contributed by atoms with Crippen molar-refractivity contribution < 1.29 is 18.0 Å². The Kier molecular flexibility index (Phi) is 10.1. The molecule has 0 unspecified atom stereocenters. The molecule has 9 heteroatoms. The first-order valence-corrected chi connectivity index (χ1v) is 14.0. The number of hydrogen-bond acceptors (Lipinski definition) is 4. The Morgan fingerprint density at radius 1 is 1.06 bits per heavy atom. The quantitative estimate of drug-likeness (QED) is 0.452. The Balaban J connectivity index is 2.44. The van der Waals surface area contributed by atoms with E-state index in [-0.39, 0.29) is 18.5 Å². The van der Waals surface area contributed by atoms with Gasteiger partial charge in [-0.2, -0.15) is 0 Å². The maximum atomic E-state index is 13.6. The number of carbonyl (C=O) groups is 2. The van der Waals surface area contributed by atoms with Crippen LogP contribution in [0.5, 0.6) is 0 Å². The lowest BCUT2D eigenvalue weighted by Gasteiger charge is -2.33. The van der Waals surface area contributed by atoms with Crippen LogP contribution in [-0.4, -0.2) is 50.0 Å². The normalized spacial score (nSPS) is 13.1. The first-order chi connectivity index (χ1) is 16.0. The molecule has 2 amide bonds. The third kappa shape index (κ3) is 7.84. The first-order valence-electron chi connectivity index (χ1n) is 11.3. The van der Waals surface area contributed by atoms with Gasteiger partial charge >= 0.3 is 0 Å². The van der Waals surface area contributed by atoms with E-state index in [1.165, 1.54) is 4.90 Å². The Morgan fingerprint density at radius 2 is 1.74 bits per heavy atom. The maximum absolute atomic E-state index is 13.6. The summed E-state index contributed by atoms with van der Waals surface area (Å²) < 4.78 is 27.0. The average Bonchev–Trinajstić information content (AvgIpc) is 2.76. The molecule has 0 radical (unpaired) electrons. The van der Waals surface area contributed by atoms with Crippen LogP contribution in [-0.2, 0) is 26.2 Å². The summed E-state index contributed by atoms with van der Waals surface area (Å²) in [4.78, 5) is 28.2. The number of nitrogens with zero attached hydrogens (tertiary/aromatic N) is 2. The zero-order valence-electron chi connectivity index (χ0n) is 20.4. The van der Waals surface area contributed by atoms with Gasteiger partial charge in [0.15, 0.2) is 0 Å². The van der Waals surface area contributed by atoms with E-state index >= 15 is 0 Å². The molecular weight excluding hydrogens is 518 g/mol. The molecule has 7 nitrogen and oxygen atoms in total. The summed E-state index contributed by atoms with van der Waals surface area (Å²) in [6.07, 6.45) is 2.23. The van der Waals surface area contributed by atoms with Crippen LogP contribution in [0.15, 0.2) is 53.0 Å². The molecule has 0 aliphatic rings. The van der Waals surface area contributed by atoms with Gasteiger partial charge in [0.2, 0.25) is 21.8 Å². The molecule has 0 aromatic heterocycles.